The highest BCUT2D eigenvalue weighted by molar-refractivity contribution is 7.98. The maximum atomic E-state index is 12.6. The Labute approximate surface area is 140 Å². The lowest BCUT2D eigenvalue weighted by Crippen LogP contribution is -2.51. The van der Waals surface area contributed by atoms with E-state index in [1.807, 2.05) is 30.0 Å². The number of thioether (sulfide) groups is 1. The molecule has 1 spiro atoms. The lowest BCUT2D eigenvalue weighted by molar-refractivity contribution is -0.134. The van der Waals surface area contributed by atoms with Gasteiger partial charge in [-0.2, -0.15) is 11.8 Å². The van der Waals surface area contributed by atoms with E-state index in [-0.39, 0.29) is 11.9 Å². The molecule has 3 amide bonds. The number of benzene rings is 1. The van der Waals surface area contributed by atoms with Gasteiger partial charge in [0, 0.05) is 38.4 Å². The molecule has 0 radical (unpaired) electrons. The maximum absolute atomic E-state index is 12.6. The molecule has 2 fully saturated rings. The Balaban J connectivity index is 1.43. The summed E-state index contributed by atoms with van der Waals surface area (Å²) in [6, 6.07) is 10.1. The van der Waals surface area contributed by atoms with Gasteiger partial charge in [-0.3, -0.25) is 9.69 Å². The van der Waals surface area contributed by atoms with Crippen molar-refractivity contribution in [3.05, 3.63) is 35.9 Å². The van der Waals surface area contributed by atoms with Gasteiger partial charge in [-0.05, 0) is 17.7 Å². The molecular weight excluding hydrogens is 312 g/mol. The molecule has 124 valence electrons. The summed E-state index contributed by atoms with van der Waals surface area (Å²) in [4.78, 5) is 26.0. The number of rotatable bonds is 6. The van der Waals surface area contributed by atoms with Crippen molar-refractivity contribution in [2.45, 2.75) is 30.6 Å². The van der Waals surface area contributed by atoms with Gasteiger partial charge in [-0.25, -0.2) is 4.79 Å². The Bertz CT molecular complexity index is 558. The number of carbonyl (C=O) groups excluding carboxylic acids is 2. The summed E-state index contributed by atoms with van der Waals surface area (Å²) in [6.07, 6.45) is 1.98. The van der Waals surface area contributed by atoms with Crippen molar-refractivity contribution in [1.82, 2.24) is 10.2 Å². The van der Waals surface area contributed by atoms with E-state index < -0.39 is 5.54 Å². The molecule has 1 aromatic rings. The van der Waals surface area contributed by atoms with E-state index >= 15 is 0 Å². The topological polar surface area (TPSA) is 58.6 Å². The van der Waals surface area contributed by atoms with E-state index in [2.05, 4.69) is 17.4 Å². The molecular formula is C17H22N2O3S. The molecule has 23 heavy (non-hydrogen) atoms. The molecule has 6 heteroatoms. The molecule has 0 aromatic heterocycles. The van der Waals surface area contributed by atoms with Crippen LogP contribution in [0.2, 0.25) is 0 Å². The molecule has 1 aromatic carbocycles. The SMILES string of the molecule is O=C1NC2(CCOCC2)C(=O)N1CCCSCc1ccccc1. The molecule has 2 aliphatic rings. The van der Waals surface area contributed by atoms with E-state index in [0.717, 1.165) is 17.9 Å². The van der Waals surface area contributed by atoms with Gasteiger partial charge in [0.05, 0.1) is 0 Å². The smallest absolute Gasteiger partial charge is 0.325 e. The van der Waals surface area contributed by atoms with Crippen LogP contribution in [-0.4, -0.2) is 47.9 Å². The van der Waals surface area contributed by atoms with Crippen LogP contribution in [0.3, 0.4) is 0 Å². The molecule has 5 nitrogen and oxygen atoms in total. The molecule has 2 aliphatic heterocycles. The Morgan fingerprint density at radius 1 is 1.17 bits per heavy atom. The average Bonchev–Trinajstić information content (AvgIpc) is 2.80. The third kappa shape index (κ3) is 3.70. The summed E-state index contributed by atoms with van der Waals surface area (Å²) in [5, 5.41) is 2.89. The number of amides is 3. The largest absolute Gasteiger partial charge is 0.381 e. The minimum Gasteiger partial charge on any atom is -0.381 e. The number of hydrogen-bond donors (Lipinski definition) is 1. The molecule has 2 saturated heterocycles. The summed E-state index contributed by atoms with van der Waals surface area (Å²) in [7, 11) is 0. The van der Waals surface area contributed by atoms with Gasteiger partial charge in [0.25, 0.3) is 5.91 Å². The van der Waals surface area contributed by atoms with Crippen molar-refractivity contribution >= 4 is 23.7 Å². The van der Waals surface area contributed by atoms with Crippen LogP contribution in [0.1, 0.15) is 24.8 Å². The summed E-state index contributed by atoms with van der Waals surface area (Å²) >= 11 is 1.83. The van der Waals surface area contributed by atoms with E-state index in [1.54, 1.807) is 0 Å². The molecule has 0 aliphatic carbocycles. The van der Waals surface area contributed by atoms with Crippen LogP contribution in [0.4, 0.5) is 4.79 Å². The number of nitrogens with one attached hydrogen (secondary N) is 1. The van der Waals surface area contributed by atoms with Gasteiger partial charge in [-0.1, -0.05) is 30.3 Å². The van der Waals surface area contributed by atoms with Crippen molar-refractivity contribution in [3.8, 4) is 0 Å². The molecule has 0 unspecified atom stereocenters. The minimum atomic E-state index is -0.702. The van der Waals surface area contributed by atoms with Gasteiger partial charge < -0.3 is 10.1 Å². The second kappa shape index (κ2) is 7.36. The molecule has 0 saturated carbocycles. The maximum Gasteiger partial charge on any atom is 0.325 e. The lowest BCUT2D eigenvalue weighted by atomic mass is 9.90. The summed E-state index contributed by atoms with van der Waals surface area (Å²) in [6.45, 7) is 1.56. The zero-order valence-electron chi connectivity index (χ0n) is 13.1. The molecule has 0 atom stereocenters. The normalized spacial score (nSPS) is 20.1. The Hall–Kier alpha value is -1.53. The Kier molecular flexibility index (Phi) is 5.23. The van der Waals surface area contributed by atoms with Crippen LogP contribution in [-0.2, 0) is 15.3 Å². The van der Waals surface area contributed by atoms with Crippen LogP contribution in [0, 0.1) is 0 Å². The molecule has 1 N–H and O–H groups in total. The van der Waals surface area contributed by atoms with Gasteiger partial charge in [0.15, 0.2) is 0 Å². The van der Waals surface area contributed by atoms with Gasteiger partial charge >= 0.3 is 6.03 Å². The highest BCUT2D eigenvalue weighted by Crippen LogP contribution is 2.28. The first-order valence-electron chi connectivity index (χ1n) is 8.05. The second-order valence-corrected chi connectivity index (χ2v) is 7.08. The van der Waals surface area contributed by atoms with E-state index in [1.165, 1.54) is 10.5 Å². The zero-order chi connectivity index (χ0) is 16.1. The summed E-state index contributed by atoms with van der Waals surface area (Å²) in [5.74, 6) is 1.82. The first-order valence-corrected chi connectivity index (χ1v) is 9.20. The van der Waals surface area contributed by atoms with Crippen molar-refractivity contribution < 1.29 is 14.3 Å². The average molecular weight is 334 g/mol. The fraction of sp³-hybridized carbons (Fsp3) is 0.529. The number of imide groups is 1. The molecule has 0 bridgehead atoms. The van der Waals surface area contributed by atoms with Crippen molar-refractivity contribution in [2.24, 2.45) is 0 Å². The van der Waals surface area contributed by atoms with Gasteiger partial charge in [0.2, 0.25) is 0 Å². The number of urea groups is 1. The molecule has 3 rings (SSSR count). The highest BCUT2D eigenvalue weighted by Gasteiger charge is 2.51. The predicted molar refractivity (Wildman–Crippen MR) is 90.2 cm³/mol. The third-order valence-electron chi connectivity index (χ3n) is 4.37. The van der Waals surface area contributed by atoms with Crippen LogP contribution >= 0.6 is 11.8 Å². The molecule has 2 heterocycles. The quantitative estimate of drug-likeness (QED) is 0.641. The first-order chi connectivity index (χ1) is 11.2. The van der Waals surface area contributed by atoms with Crippen molar-refractivity contribution in [1.29, 1.82) is 0 Å². The van der Waals surface area contributed by atoms with E-state index in [9.17, 15) is 9.59 Å². The number of carbonyl (C=O) groups is 2. The fourth-order valence-electron chi connectivity index (χ4n) is 3.03. The third-order valence-corrected chi connectivity index (χ3v) is 5.49. The van der Waals surface area contributed by atoms with Crippen molar-refractivity contribution in [3.63, 3.8) is 0 Å². The van der Waals surface area contributed by atoms with Crippen molar-refractivity contribution in [2.75, 3.05) is 25.5 Å². The van der Waals surface area contributed by atoms with Crippen LogP contribution in [0.5, 0.6) is 0 Å². The zero-order valence-corrected chi connectivity index (χ0v) is 13.9. The van der Waals surface area contributed by atoms with Gasteiger partial charge in [0.1, 0.15) is 5.54 Å². The standard InChI is InChI=1S/C17H22N2O3S/c20-15-17(7-10-22-11-8-17)18-16(21)19(15)9-4-12-23-13-14-5-2-1-3-6-14/h1-3,5-6H,4,7-13H2,(H,18,21). The Morgan fingerprint density at radius 2 is 1.91 bits per heavy atom. The lowest BCUT2D eigenvalue weighted by Gasteiger charge is -2.30. The second-order valence-electron chi connectivity index (χ2n) is 5.97. The number of ether oxygens (including phenoxy) is 1. The Morgan fingerprint density at radius 3 is 2.65 bits per heavy atom. The summed E-state index contributed by atoms with van der Waals surface area (Å²) in [5.41, 5.74) is 0.598. The van der Waals surface area contributed by atoms with Crippen LogP contribution < -0.4 is 5.32 Å². The highest BCUT2D eigenvalue weighted by atomic mass is 32.2. The number of hydrogen-bond acceptors (Lipinski definition) is 4. The van der Waals surface area contributed by atoms with E-state index in [0.29, 0.717) is 32.6 Å². The predicted octanol–water partition coefficient (Wildman–Crippen LogP) is 2.41. The van der Waals surface area contributed by atoms with Gasteiger partial charge in [-0.15, -0.1) is 0 Å². The monoisotopic (exact) mass is 334 g/mol. The van der Waals surface area contributed by atoms with Crippen LogP contribution in [0.15, 0.2) is 30.3 Å². The number of nitrogens with zero attached hydrogens (tertiary/aromatic N) is 1. The van der Waals surface area contributed by atoms with E-state index in [4.69, 9.17) is 4.74 Å². The first kappa shape index (κ1) is 16.3. The minimum absolute atomic E-state index is 0.0705. The fourth-order valence-corrected chi connectivity index (χ4v) is 3.93. The summed E-state index contributed by atoms with van der Waals surface area (Å²) < 4.78 is 5.30. The van der Waals surface area contributed by atoms with Crippen LogP contribution in [0.25, 0.3) is 0 Å².